The van der Waals surface area contributed by atoms with Crippen molar-refractivity contribution in [3.8, 4) is 0 Å². The lowest BCUT2D eigenvalue weighted by Crippen LogP contribution is -2.57. The Morgan fingerprint density at radius 3 is 2.52 bits per heavy atom. The van der Waals surface area contributed by atoms with Crippen molar-refractivity contribution in [3.05, 3.63) is 70.7 Å². The van der Waals surface area contributed by atoms with Crippen LogP contribution in [0, 0.1) is 0 Å². The number of nitrogens with one attached hydrogen (secondary N) is 2. The zero-order valence-electron chi connectivity index (χ0n) is 13.7. The van der Waals surface area contributed by atoms with Crippen LogP contribution in [-0.2, 0) is 12.1 Å². The maximum Gasteiger partial charge on any atom is 0.0602 e. The molecule has 0 radical (unpaired) electrons. The van der Waals surface area contributed by atoms with Crippen LogP contribution in [0.5, 0.6) is 0 Å². The van der Waals surface area contributed by atoms with Gasteiger partial charge in [-0.1, -0.05) is 73.0 Å². The van der Waals surface area contributed by atoms with Gasteiger partial charge in [0.2, 0.25) is 0 Å². The number of hydrogen-bond acceptors (Lipinski definition) is 2. The van der Waals surface area contributed by atoms with E-state index in [4.69, 9.17) is 11.6 Å². The van der Waals surface area contributed by atoms with E-state index >= 15 is 0 Å². The van der Waals surface area contributed by atoms with Gasteiger partial charge >= 0.3 is 0 Å². The van der Waals surface area contributed by atoms with Crippen LogP contribution in [0.1, 0.15) is 36.8 Å². The predicted molar refractivity (Wildman–Crippen MR) is 97.7 cm³/mol. The van der Waals surface area contributed by atoms with Crippen molar-refractivity contribution in [2.24, 2.45) is 0 Å². The number of likely N-dealkylation sites (N-methyl/N-ethyl adjacent to an activating group) is 1. The van der Waals surface area contributed by atoms with Gasteiger partial charge < -0.3 is 10.6 Å². The zero-order chi connectivity index (χ0) is 16.1. The lowest BCUT2D eigenvalue weighted by atomic mass is 9.72. The summed E-state index contributed by atoms with van der Waals surface area (Å²) in [5.74, 6) is 0. The Balaban J connectivity index is 1.85. The van der Waals surface area contributed by atoms with Crippen LogP contribution in [0.3, 0.4) is 0 Å². The van der Waals surface area contributed by atoms with Gasteiger partial charge in [-0.2, -0.15) is 0 Å². The molecule has 0 bridgehead atoms. The molecule has 0 aliphatic heterocycles. The summed E-state index contributed by atoms with van der Waals surface area (Å²) in [5.41, 5.74) is 2.45. The van der Waals surface area contributed by atoms with Crippen molar-refractivity contribution in [1.82, 2.24) is 10.6 Å². The van der Waals surface area contributed by atoms with E-state index in [-0.39, 0.29) is 5.54 Å². The topological polar surface area (TPSA) is 24.1 Å². The maximum absolute atomic E-state index is 6.54. The summed E-state index contributed by atoms with van der Waals surface area (Å²) in [6.45, 7) is 0.888. The van der Waals surface area contributed by atoms with Crippen molar-refractivity contribution in [2.45, 2.75) is 43.8 Å². The number of rotatable bonds is 5. The minimum Gasteiger partial charge on any atom is -0.309 e. The van der Waals surface area contributed by atoms with Crippen LogP contribution in [-0.4, -0.2) is 13.1 Å². The Hall–Kier alpha value is -1.35. The third-order valence-corrected chi connectivity index (χ3v) is 5.43. The summed E-state index contributed by atoms with van der Waals surface area (Å²) < 4.78 is 0. The average molecular weight is 329 g/mol. The van der Waals surface area contributed by atoms with Gasteiger partial charge in [-0.05, 0) is 37.1 Å². The van der Waals surface area contributed by atoms with E-state index in [0.29, 0.717) is 6.04 Å². The van der Waals surface area contributed by atoms with Crippen molar-refractivity contribution in [1.29, 1.82) is 0 Å². The molecule has 1 aliphatic rings. The normalized spacial score (nSPS) is 24.5. The lowest BCUT2D eigenvalue weighted by molar-refractivity contribution is 0.177. The van der Waals surface area contributed by atoms with Gasteiger partial charge in [0, 0.05) is 17.6 Å². The molecule has 0 amide bonds. The van der Waals surface area contributed by atoms with Crippen molar-refractivity contribution in [3.63, 3.8) is 0 Å². The number of halogens is 1. The van der Waals surface area contributed by atoms with Gasteiger partial charge in [-0.15, -0.1) is 0 Å². The molecule has 122 valence electrons. The molecule has 2 aromatic rings. The molecule has 3 rings (SSSR count). The molecule has 2 N–H and O–H groups in total. The highest BCUT2D eigenvalue weighted by Gasteiger charge is 2.41. The predicted octanol–water partition coefficient (Wildman–Crippen LogP) is 4.49. The Bertz CT molecular complexity index is 629. The molecular formula is C20H25ClN2. The van der Waals surface area contributed by atoms with Crippen LogP contribution >= 0.6 is 11.6 Å². The fourth-order valence-electron chi connectivity index (χ4n) is 3.87. The molecule has 0 unspecified atom stereocenters. The van der Waals surface area contributed by atoms with Crippen molar-refractivity contribution < 1.29 is 0 Å². The molecule has 0 saturated heterocycles. The fourth-order valence-corrected chi connectivity index (χ4v) is 4.17. The Kier molecular flexibility index (Phi) is 5.37. The Morgan fingerprint density at radius 1 is 1.04 bits per heavy atom. The minimum atomic E-state index is -0.0919. The van der Waals surface area contributed by atoms with E-state index in [1.54, 1.807) is 0 Å². The first kappa shape index (κ1) is 16.5. The molecule has 1 saturated carbocycles. The fraction of sp³-hybridized carbons (Fsp3) is 0.400. The van der Waals surface area contributed by atoms with E-state index in [2.05, 4.69) is 60.1 Å². The highest BCUT2D eigenvalue weighted by atomic mass is 35.5. The van der Waals surface area contributed by atoms with E-state index < -0.39 is 0 Å². The zero-order valence-corrected chi connectivity index (χ0v) is 14.4. The van der Waals surface area contributed by atoms with Crippen molar-refractivity contribution >= 4 is 11.6 Å². The van der Waals surface area contributed by atoms with Crippen LogP contribution in [0.4, 0.5) is 0 Å². The van der Waals surface area contributed by atoms with Gasteiger partial charge in [-0.3, -0.25) is 0 Å². The average Bonchev–Trinajstić information content (AvgIpc) is 2.61. The van der Waals surface area contributed by atoms with Gasteiger partial charge in [0.25, 0.3) is 0 Å². The second-order valence-corrected chi connectivity index (χ2v) is 6.77. The summed E-state index contributed by atoms with van der Waals surface area (Å²) >= 11 is 6.54. The monoisotopic (exact) mass is 328 g/mol. The summed E-state index contributed by atoms with van der Waals surface area (Å²) in [6.07, 6.45) is 4.77. The second-order valence-electron chi connectivity index (χ2n) is 6.37. The molecule has 2 nitrogen and oxygen atoms in total. The van der Waals surface area contributed by atoms with Crippen LogP contribution in [0.15, 0.2) is 54.6 Å². The maximum atomic E-state index is 6.54. The van der Waals surface area contributed by atoms with Crippen LogP contribution in [0.25, 0.3) is 0 Å². The van der Waals surface area contributed by atoms with Gasteiger partial charge in [0.1, 0.15) is 0 Å². The Labute approximate surface area is 144 Å². The molecule has 0 aromatic heterocycles. The largest absolute Gasteiger partial charge is 0.309 e. The first-order chi connectivity index (χ1) is 11.3. The lowest BCUT2D eigenvalue weighted by Gasteiger charge is -2.45. The van der Waals surface area contributed by atoms with E-state index in [1.807, 2.05) is 12.1 Å². The molecule has 23 heavy (non-hydrogen) atoms. The van der Waals surface area contributed by atoms with Crippen LogP contribution in [0.2, 0.25) is 5.02 Å². The smallest absolute Gasteiger partial charge is 0.0602 e. The molecule has 0 spiro atoms. The standard InChI is InChI=1S/C20H25ClN2/c1-22-20(17-11-5-6-12-18(17)21)14-8-7-13-19(20)23-15-16-9-3-2-4-10-16/h2-6,9-12,19,22-23H,7-8,13-15H2,1H3/t19-,20+/m1/s1. The molecule has 2 aromatic carbocycles. The third-order valence-electron chi connectivity index (χ3n) is 5.10. The molecule has 1 fully saturated rings. The number of benzene rings is 2. The summed E-state index contributed by atoms with van der Waals surface area (Å²) in [5, 5.41) is 8.25. The summed E-state index contributed by atoms with van der Waals surface area (Å²) in [6, 6.07) is 19.2. The van der Waals surface area contributed by atoms with E-state index in [0.717, 1.165) is 18.0 Å². The highest BCUT2D eigenvalue weighted by Crippen LogP contribution is 2.40. The van der Waals surface area contributed by atoms with Gasteiger partial charge in [0.05, 0.1) is 5.54 Å². The highest BCUT2D eigenvalue weighted by molar-refractivity contribution is 6.31. The van der Waals surface area contributed by atoms with Gasteiger partial charge in [-0.25, -0.2) is 0 Å². The first-order valence-corrected chi connectivity index (χ1v) is 8.85. The first-order valence-electron chi connectivity index (χ1n) is 8.47. The van der Waals surface area contributed by atoms with Crippen molar-refractivity contribution in [2.75, 3.05) is 7.05 Å². The second kappa shape index (κ2) is 7.48. The van der Waals surface area contributed by atoms with E-state index in [1.165, 1.54) is 30.4 Å². The summed E-state index contributed by atoms with van der Waals surface area (Å²) in [4.78, 5) is 0. The summed E-state index contributed by atoms with van der Waals surface area (Å²) in [7, 11) is 2.06. The third kappa shape index (κ3) is 3.45. The van der Waals surface area contributed by atoms with E-state index in [9.17, 15) is 0 Å². The molecule has 0 heterocycles. The molecule has 2 atom stereocenters. The SMILES string of the molecule is CN[C@]1(c2ccccc2Cl)CCCC[C@H]1NCc1ccccc1. The molecular weight excluding hydrogens is 304 g/mol. The Morgan fingerprint density at radius 2 is 1.78 bits per heavy atom. The molecule has 3 heteroatoms. The van der Waals surface area contributed by atoms with Crippen LogP contribution < -0.4 is 10.6 Å². The van der Waals surface area contributed by atoms with Gasteiger partial charge in [0.15, 0.2) is 0 Å². The quantitative estimate of drug-likeness (QED) is 0.845. The molecule has 1 aliphatic carbocycles. The minimum absolute atomic E-state index is 0.0919. The number of hydrogen-bond donors (Lipinski definition) is 2.